The van der Waals surface area contributed by atoms with Crippen molar-refractivity contribution in [3.63, 3.8) is 0 Å². The molecule has 170 valence electrons. The molecule has 2 aromatic carbocycles. The Morgan fingerprint density at radius 2 is 1.91 bits per heavy atom. The van der Waals surface area contributed by atoms with Crippen LogP contribution in [0.3, 0.4) is 0 Å². The van der Waals surface area contributed by atoms with E-state index in [1.54, 1.807) is 30.3 Å². The van der Waals surface area contributed by atoms with Crippen molar-refractivity contribution in [3.8, 4) is 11.5 Å². The van der Waals surface area contributed by atoms with E-state index in [2.05, 4.69) is 20.5 Å². The number of nitrogens with one attached hydrogen (secondary N) is 2. The fraction of sp³-hybridized carbons (Fsp3) is 0.182. The summed E-state index contributed by atoms with van der Waals surface area (Å²) >= 11 is 0. The van der Waals surface area contributed by atoms with E-state index in [1.165, 1.54) is 28.5 Å². The van der Waals surface area contributed by atoms with Crippen molar-refractivity contribution < 1.29 is 14.9 Å². The number of aliphatic hydroxyl groups is 1. The molecule has 0 saturated heterocycles. The highest BCUT2D eigenvalue weighted by molar-refractivity contribution is 5.83. The van der Waals surface area contributed by atoms with Crippen LogP contribution in [-0.2, 0) is 13.6 Å². The smallest absolute Gasteiger partial charge is 0.329 e. The Hall–Kier alpha value is -4.38. The second-order valence-electron chi connectivity index (χ2n) is 7.24. The van der Waals surface area contributed by atoms with Crippen LogP contribution in [-0.4, -0.2) is 48.2 Å². The van der Waals surface area contributed by atoms with E-state index < -0.39 is 17.4 Å². The van der Waals surface area contributed by atoms with Crippen LogP contribution in [0.2, 0.25) is 0 Å². The van der Waals surface area contributed by atoms with Crippen molar-refractivity contribution in [2.24, 2.45) is 12.1 Å². The Labute approximate surface area is 187 Å². The maximum atomic E-state index is 12.5. The number of aliphatic hydroxyl groups excluding tert-OH is 1. The number of nitrogens with zero attached hydrogens (tertiary/aromatic N) is 4. The van der Waals surface area contributed by atoms with Crippen LogP contribution in [0.4, 0.5) is 5.95 Å². The molecule has 0 spiro atoms. The maximum absolute atomic E-state index is 12.5. The molecule has 0 saturated carbocycles. The normalized spacial score (nSPS) is 12.3. The molecule has 0 bridgehead atoms. The van der Waals surface area contributed by atoms with Gasteiger partial charge in [-0.2, -0.15) is 10.1 Å². The molecule has 0 aliphatic rings. The molecule has 4 N–H and O–H groups in total. The molecule has 0 fully saturated rings. The van der Waals surface area contributed by atoms with Crippen LogP contribution in [0, 0.1) is 0 Å². The third kappa shape index (κ3) is 4.77. The number of aromatic amines is 1. The Kier molecular flexibility index (Phi) is 6.22. The topological polar surface area (TPSA) is 147 Å². The second-order valence-corrected chi connectivity index (χ2v) is 7.24. The fourth-order valence-corrected chi connectivity index (χ4v) is 3.23. The summed E-state index contributed by atoms with van der Waals surface area (Å²) in [4.78, 5) is 31.1. The highest BCUT2D eigenvalue weighted by atomic mass is 16.5. The molecule has 4 rings (SSSR count). The van der Waals surface area contributed by atoms with Gasteiger partial charge in [0, 0.05) is 12.6 Å². The molecule has 1 atom stereocenters. The van der Waals surface area contributed by atoms with E-state index in [1.807, 2.05) is 18.2 Å². The van der Waals surface area contributed by atoms with Gasteiger partial charge in [-0.05, 0) is 24.3 Å². The van der Waals surface area contributed by atoms with Crippen LogP contribution in [0.15, 0.2) is 69.3 Å². The van der Waals surface area contributed by atoms with Gasteiger partial charge < -0.3 is 19.5 Å². The van der Waals surface area contributed by atoms with E-state index in [4.69, 9.17) is 4.74 Å². The average Bonchev–Trinajstić information content (AvgIpc) is 3.17. The number of para-hydroxylation sites is 2. The maximum Gasteiger partial charge on any atom is 0.329 e. The van der Waals surface area contributed by atoms with Crippen LogP contribution < -0.4 is 21.4 Å². The van der Waals surface area contributed by atoms with E-state index in [0.29, 0.717) is 11.3 Å². The molecule has 0 radical (unpaired) electrons. The third-order valence-corrected chi connectivity index (χ3v) is 4.89. The number of hydrogen-bond acceptors (Lipinski definition) is 8. The SMILES string of the molecule is Cn1c(=O)[nH]c(=O)c2c1nc(N/N=C/c1ccccc1O)n2CC(O)COc1ccccc1. The van der Waals surface area contributed by atoms with E-state index in [0.717, 1.165) is 0 Å². The number of H-pyrrole nitrogens is 1. The lowest BCUT2D eigenvalue weighted by atomic mass is 10.2. The predicted octanol–water partition coefficient (Wildman–Crippen LogP) is 1.01. The van der Waals surface area contributed by atoms with Gasteiger partial charge in [-0.15, -0.1) is 0 Å². The first-order valence-corrected chi connectivity index (χ1v) is 10.1. The lowest BCUT2D eigenvalue weighted by Gasteiger charge is -2.15. The number of hydrogen-bond donors (Lipinski definition) is 4. The summed E-state index contributed by atoms with van der Waals surface area (Å²) in [5.74, 6) is 0.768. The summed E-state index contributed by atoms with van der Waals surface area (Å²) in [5.41, 5.74) is 2.15. The summed E-state index contributed by atoms with van der Waals surface area (Å²) < 4.78 is 8.21. The van der Waals surface area contributed by atoms with Gasteiger partial charge in [-0.25, -0.2) is 10.2 Å². The average molecular weight is 450 g/mol. The van der Waals surface area contributed by atoms with E-state index >= 15 is 0 Å². The number of phenols is 1. The van der Waals surface area contributed by atoms with Gasteiger partial charge in [0.05, 0.1) is 12.8 Å². The van der Waals surface area contributed by atoms with Gasteiger partial charge in [0.15, 0.2) is 11.2 Å². The zero-order chi connectivity index (χ0) is 23.4. The van der Waals surface area contributed by atoms with Gasteiger partial charge in [0.2, 0.25) is 5.95 Å². The molecule has 1 unspecified atom stereocenters. The Bertz CT molecular complexity index is 1410. The Morgan fingerprint density at radius 1 is 1.18 bits per heavy atom. The van der Waals surface area contributed by atoms with Crippen molar-refractivity contribution >= 4 is 23.3 Å². The Balaban J connectivity index is 1.64. The standard InChI is InChI=1S/C22H22N6O5/c1-27-19-18(20(31)25-22(27)32)28(12-15(29)13-33-16-8-3-2-4-9-16)21(24-19)26-23-11-14-7-5-6-10-17(14)30/h2-11,15,29-30H,12-13H2,1H3,(H,24,26)(H,25,31,32)/b23-11+. The van der Waals surface area contributed by atoms with Gasteiger partial charge in [0.25, 0.3) is 5.56 Å². The van der Waals surface area contributed by atoms with Crippen LogP contribution in [0.1, 0.15) is 5.56 Å². The monoisotopic (exact) mass is 450 g/mol. The summed E-state index contributed by atoms with van der Waals surface area (Å²) in [5, 5.41) is 24.5. The number of imidazole rings is 1. The fourth-order valence-electron chi connectivity index (χ4n) is 3.23. The van der Waals surface area contributed by atoms with Crippen LogP contribution in [0.5, 0.6) is 11.5 Å². The minimum absolute atomic E-state index is 0.0338. The highest BCUT2D eigenvalue weighted by Gasteiger charge is 2.20. The van der Waals surface area contributed by atoms with Crippen molar-refractivity contribution in [1.82, 2.24) is 19.1 Å². The van der Waals surface area contributed by atoms with Crippen LogP contribution >= 0.6 is 0 Å². The zero-order valence-corrected chi connectivity index (χ0v) is 17.7. The molecule has 2 heterocycles. The number of anilines is 1. The number of rotatable bonds is 8. The summed E-state index contributed by atoms with van der Waals surface area (Å²) in [7, 11) is 1.47. The molecule has 11 nitrogen and oxygen atoms in total. The van der Waals surface area contributed by atoms with E-state index in [9.17, 15) is 19.8 Å². The zero-order valence-electron chi connectivity index (χ0n) is 17.7. The van der Waals surface area contributed by atoms with Crippen molar-refractivity contribution in [2.45, 2.75) is 12.6 Å². The Morgan fingerprint density at radius 3 is 2.67 bits per heavy atom. The number of hydrazone groups is 1. The van der Waals surface area contributed by atoms with Gasteiger partial charge in [0.1, 0.15) is 24.2 Å². The van der Waals surface area contributed by atoms with Gasteiger partial charge in [-0.1, -0.05) is 30.3 Å². The summed E-state index contributed by atoms with van der Waals surface area (Å²) in [6, 6.07) is 15.6. The summed E-state index contributed by atoms with van der Waals surface area (Å²) in [6.45, 7) is -0.0903. The first-order valence-electron chi connectivity index (χ1n) is 10.1. The number of fused-ring (bicyclic) bond motifs is 1. The quantitative estimate of drug-likeness (QED) is 0.231. The van der Waals surface area contributed by atoms with Crippen molar-refractivity contribution in [1.29, 1.82) is 0 Å². The molecule has 0 aliphatic heterocycles. The van der Waals surface area contributed by atoms with Crippen molar-refractivity contribution in [3.05, 3.63) is 81.0 Å². The number of phenolic OH excluding ortho intramolecular Hbond substituents is 1. The van der Waals surface area contributed by atoms with Crippen LogP contribution in [0.25, 0.3) is 11.2 Å². The number of benzene rings is 2. The molecule has 33 heavy (non-hydrogen) atoms. The molecule has 4 aromatic rings. The largest absolute Gasteiger partial charge is 0.507 e. The first kappa shape index (κ1) is 21.8. The predicted molar refractivity (Wildman–Crippen MR) is 123 cm³/mol. The lowest BCUT2D eigenvalue weighted by Crippen LogP contribution is -2.30. The molecule has 0 amide bonds. The van der Waals surface area contributed by atoms with Gasteiger partial charge >= 0.3 is 5.69 Å². The second kappa shape index (κ2) is 9.40. The first-order chi connectivity index (χ1) is 15.9. The molecule has 0 aliphatic carbocycles. The number of aromatic hydroxyl groups is 1. The number of aryl methyl sites for hydroxylation is 1. The van der Waals surface area contributed by atoms with Gasteiger partial charge in [-0.3, -0.25) is 14.3 Å². The number of ether oxygens (including phenoxy) is 1. The molecular formula is C22H22N6O5. The third-order valence-electron chi connectivity index (χ3n) is 4.89. The molecular weight excluding hydrogens is 428 g/mol. The van der Waals surface area contributed by atoms with E-state index in [-0.39, 0.29) is 36.0 Å². The minimum atomic E-state index is -0.998. The molecule has 2 aromatic heterocycles. The minimum Gasteiger partial charge on any atom is -0.507 e. The lowest BCUT2D eigenvalue weighted by molar-refractivity contribution is 0.0938. The van der Waals surface area contributed by atoms with Crippen molar-refractivity contribution in [2.75, 3.05) is 12.0 Å². The highest BCUT2D eigenvalue weighted by Crippen LogP contribution is 2.18. The summed E-state index contributed by atoms with van der Waals surface area (Å²) in [6.07, 6.45) is 0.388. The molecule has 11 heteroatoms. The number of aromatic nitrogens is 4.